The molecule has 3 heteroatoms. The molecule has 3 nitrogen and oxygen atoms in total. The zero-order valence-electron chi connectivity index (χ0n) is 9.79. The van der Waals surface area contributed by atoms with E-state index >= 15 is 0 Å². The summed E-state index contributed by atoms with van der Waals surface area (Å²) in [5, 5.41) is 12.9. The van der Waals surface area contributed by atoms with Crippen LogP contribution in [0.25, 0.3) is 0 Å². The average Bonchev–Trinajstić information content (AvgIpc) is 2.53. The van der Waals surface area contributed by atoms with E-state index in [0.717, 1.165) is 12.2 Å². The highest BCUT2D eigenvalue weighted by molar-refractivity contribution is 4.97. The Kier molecular flexibility index (Phi) is 4.36. The fraction of sp³-hybridized carbons (Fsp3) is 0.667. The van der Waals surface area contributed by atoms with Crippen LogP contribution in [0.4, 0.5) is 0 Å². The lowest BCUT2D eigenvalue weighted by molar-refractivity contribution is 0.119. The standard InChI is InChI=1S/C12H21NO2/c1-12(2,3)7-10(14)8-13-9-11-5-4-6-15-11/h4-6,10,13-14H,7-9H2,1-3H3. The molecule has 0 fully saturated rings. The smallest absolute Gasteiger partial charge is 0.117 e. The molecule has 86 valence electrons. The highest BCUT2D eigenvalue weighted by Gasteiger charge is 2.16. The third-order valence-corrected chi connectivity index (χ3v) is 2.11. The lowest BCUT2D eigenvalue weighted by Crippen LogP contribution is -2.29. The van der Waals surface area contributed by atoms with Crippen molar-refractivity contribution in [1.29, 1.82) is 0 Å². The van der Waals surface area contributed by atoms with Gasteiger partial charge in [-0.05, 0) is 24.0 Å². The minimum absolute atomic E-state index is 0.172. The number of nitrogens with one attached hydrogen (secondary N) is 1. The van der Waals surface area contributed by atoms with Crippen LogP contribution in [0.2, 0.25) is 0 Å². The largest absolute Gasteiger partial charge is 0.468 e. The first kappa shape index (κ1) is 12.3. The molecule has 0 aliphatic carbocycles. The maximum atomic E-state index is 9.72. The molecule has 1 aromatic rings. The molecule has 0 radical (unpaired) electrons. The second-order valence-corrected chi connectivity index (χ2v) is 5.13. The Morgan fingerprint density at radius 1 is 1.47 bits per heavy atom. The molecule has 0 aliphatic rings. The van der Waals surface area contributed by atoms with Crippen molar-refractivity contribution in [2.75, 3.05) is 6.54 Å². The molecule has 2 N–H and O–H groups in total. The van der Waals surface area contributed by atoms with Gasteiger partial charge in [-0.1, -0.05) is 20.8 Å². The first-order chi connectivity index (χ1) is 6.97. The number of furan rings is 1. The summed E-state index contributed by atoms with van der Waals surface area (Å²) in [4.78, 5) is 0. The minimum Gasteiger partial charge on any atom is -0.468 e. The van der Waals surface area contributed by atoms with Gasteiger partial charge >= 0.3 is 0 Å². The number of hydrogen-bond acceptors (Lipinski definition) is 3. The van der Waals surface area contributed by atoms with Crippen molar-refractivity contribution in [3.8, 4) is 0 Å². The summed E-state index contributed by atoms with van der Waals surface area (Å²) < 4.78 is 5.17. The van der Waals surface area contributed by atoms with Crippen molar-refractivity contribution in [3.05, 3.63) is 24.2 Å². The molecule has 1 atom stereocenters. The van der Waals surface area contributed by atoms with Gasteiger partial charge in [0.2, 0.25) is 0 Å². The molecule has 15 heavy (non-hydrogen) atoms. The maximum absolute atomic E-state index is 9.72. The lowest BCUT2D eigenvalue weighted by atomic mass is 9.89. The van der Waals surface area contributed by atoms with Crippen molar-refractivity contribution in [1.82, 2.24) is 5.32 Å². The van der Waals surface area contributed by atoms with Crippen LogP contribution in [0.3, 0.4) is 0 Å². The second-order valence-electron chi connectivity index (χ2n) is 5.13. The Morgan fingerprint density at radius 3 is 2.73 bits per heavy atom. The van der Waals surface area contributed by atoms with Crippen molar-refractivity contribution in [2.24, 2.45) is 5.41 Å². The van der Waals surface area contributed by atoms with Gasteiger partial charge in [-0.3, -0.25) is 0 Å². The highest BCUT2D eigenvalue weighted by Crippen LogP contribution is 2.20. The van der Waals surface area contributed by atoms with Gasteiger partial charge in [-0.15, -0.1) is 0 Å². The summed E-state index contributed by atoms with van der Waals surface area (Å²) in [5.41, 5.74) is 0.172. The van der Waals surface area contributed by atoms with Gasteiger partial charge in [0.25, 0.3) is 0 Å². The van der Waals surface area contributed by atoms with E-state index in [1.54, 1.807) is 6.26 Å². The summed E-state index contributed by atoms with van der Waals surface area (Å²) >= 11 is 0. The molecule has 1 heterocycles. The zero-order chi connectivity index (χ0) is 11.3. The quantitative estimate of drug-likeness (QED) is 0.784. The molecule has 1 rings (SSSR count). The molecular weight excluding hydrogens is 190 g/mol. The fourth-order valence-electron chi connectivity index (χ4n) is 1.55. The monoisotopic (exact) mass is 211 g/mol. The van der Waals surface area contributed by atoms with Crippen LogP contribution < -0.4 is 5.32 Å². The summed E-state index contributed by atoms with van der Waals surface area (Å²) in [6.07, 6.45) is 2.17. The van der Waals surface area contributed by atoms with Crippen LogP contribution in [0.15, 0.2) is 22.8 Å². The van der Waals surface area contributed by atoms with Crippen LogP contribution in [0.1, 0.15) is 33.0 Å². The molecule has 0 saturated heterocycles. The third-order valence-electron chi connectivity index (χ3n) is 2.11. The Morgan fingerprint density at radius 2 is 2.20 bits per heavy atom. The molecule has 0 amide bonds. The van der Waals surface area contributed by atoms with Crippen LogP contribution in [0.5, 0.6) is 0 Å². The van der Waals surface area contributed by atoms with Crippen molar-refractivity contribution in [3.63, 3.8) is 0 Å². The predicted molar refractivity (Wildman–Crippen MR) is 60.5 cm³/mol. The molecule has 0 aromatic carbocycles. The molecule has 0 aliphatic heterocycles. The Bertz CT molecular complexity index is 262. The highest BCUT2D eigenvalue weighted by atomic mass is 16.3. The Labute approximate surface area is 91.5 Å². The van der Waals surface area contributed by atoms with E-state index in [4.69, 9.17) is 4.42 Å². The van der Waals surface area contributed by atoms with E-state index < -0.39 is 0 Å². The van der Waals surface area contributed by atoms with Crippen LogP contribution in [-0.2, 0) is 6.54 Å². The molecule has 1 unspecified atom stereocenters. The number of aliphatic hydroxyl groups excluding tert-OH is 1. The number of rotatable bonds is 5. The van der Waals surface area contributed by atoms with Gasteiger partial charge in [0, 0.05) is 6.54 Å². The van der Waals surface area contributed by atoms with Gasteiger partial charge in [0.15, 0.2) is 0 Å². The molecular formula is C12H21NO2. The van der Waals surface area contributed by atoms with E-state index in [0.29, 0.717) is 13.1 Å². The molecule has 0 saturated carbocycles. The topological polar surface area (TPSA) is 45.4 Å². The van der Waals surface area contributed by atoms with Gasteiger partial charge in [-0.25, -0.2) is 0 Å². The van der Waals surface area contributed by atoms with Crippen molar-refractivity contribution >= 4 is 0 Å². The summed E-state index contributed by atoms with van der Waals surface area (Å²) in [7, 11) is 0. The molecule has 1 aromatic heterocycles. The molecule has 0 spiro atoms. The fourth-order valence-corrected chi connectivity index (χ4v) is 1.55. The van der Waals surface area contributed by atoms with E-state index in [2.05, 4.69) is 26.1 Å². The maximum Gasteiger partial charge on any atom is 0.117 e. The van der Waals surface area contributed by atoms with Crippen molar-refractivity contribution in [2.45, 2.75) is 39.8 Å². The van der Waals surface area contributed by atoms with Crippen molar-refractivity contribution < 1.29 is 9.52 Å². The van der Waals surface area contributed by atoms with Crippen LogP contribution in [0, 0.1) is 5.41 Å². The average molecular weight is 211 g/mol. The first-order valence-electron chi connectivity index (χ1n) is 5.38. The van der Waals surface area contributed by atoms with Gasteiger partial charge in [0.05, 0.1) is 18.9 Å². The van der Waals surface area contributed by atoms with E-state index in [-0.39, 0.29) is 11.5 Å². The predicted octanol–water partition coefficient (Wildman–Crippen LogP) is 2.17. The SMILES string of the molecule is CC(C)(C)CC(O)CNCc1ccco1. The summed E-state index contributed by atoms with van der Waals surface area (Å²) in [6, 6.07) is 3.78. The van der Waals surface area contributed by atoms with Gasteiger partial charge < -0.3 is 14.8 Å². The van der Waals surface area contributed by atoms with E-state index in [1.165, 1.54) is 0 Å². The zero-order valence-corrected chi connectivity index (χ0v) is 9.79. The van der Waals surface area contributed by atoms with E-state index in [1.807, 2.05) is 12.1 Å². The van der Waals surface area contributed by atoms with E-state index in [9.17, 15) is 5.11 Å². The third kappa shape index (κ3) is 5.60. The summed E-state index contributed by atoms with van der Waals surface area (Å²) in [6.45, 7) is 7.67. The van der Waals surface area contributed by atoms with Crippen LogP contribution in [-0.4, -0.2) is 17.8 Å². The normalized spacial score (nSPS) is 14.1. The van der Waals surface area contributed by atoms with Crippen LogP contribution >= 0.6 is 0 Å². The second kappa shape index (κ2) is 5.33. The minimum atomic E-state index is -0.292. The number of aliphatic hydroxyl groups is 1. The first-order valence-corrected chi connectivity index (χ1v) is 5.38. The Balaban J connectivity index is 2.15. The Hall–Kier alpha value is -0.800. The lowest BCUT2D eigenvalue weighted by Gasteiger charge is -2.22. The van der Waals surface area contributed by atoms with Gasteiger partial charge in [0.1, 0.15) is 5.76 Å². The summed E-state index contributed by atoms with van der Waals surface area (Å²) in [5.74, 6) is 0.901. The van der Waals surface area contributed by atoms with Gasteiger partial charge in [-0.2, -0.15) is 0 Å². The molecule has 0 bridgehead atoms. The number of hydrogen-bond donors (Lipinski definition) is 2.